The number of rotatable bonds is 5. The third-order valence-electron chi connectivity index (χ3n) is 3.53. The molecule has 6 heteroatoms. The third-order valence-corrected chi connectivity index (χ3v) is 5.51. The second-order valence-electron chi connectivity index (χ2n) is 5.64. The van der Waals surface area contributed by atoms with Gasteiger partial charge in [0.15, 0.2) is 0 Å². The van der Waals surface area contributed by atoms with Crippen LogP contribution in [-0.4, -0.2) is 22.0 Å². The molecule has 1 aromatic heterocycles. The first-order chi connectivity index (χ1) is 11.5. The van der Waals surface area contributed by atoms with Gasteiger partial charge in [0.05, 0.1) is 17.0 Å². The van der Waals surface area contributed by atoms with E-state index in [1.807, 2.05) is 31.4 Å². The van der Waals surface area contributed by atoms with Gasteiger partial charge in [0, 0.05) is 15.7 Å². The topological polar surface area (TPSA) is 37.4 Å². The molecule has 1 aromatic carbocycles. The number of hydrogen-bond acceptors (Lipinski definition) is 4. The van der Waals surface area contributed by atoms with Crippen molar-refractivity contribution in [2.24, 2.45) is 0 Å². The van der Waals surface area contributed by atoms with Crippen molar-refractivity contribution >= 4 is 40.5 Å². The van der Waals surface area contributed by atoms with Crippen molar-refractivity contribution in [2.45, 2.75) is 25.6 Å². The largest absolute Gasteiger partial charge is 0.269 e. The van der Waals surface area contributed by atoms with Crippen LogP contribution in [0.4, 0.5) is 4.39 Å². The maximum Gasteiger partial charge on any atom is 0.268 e. The van der Waals surface area contributed by atoms with Crippen molar-refractivity contribution in [1.29, 1.82) is 0 Å². The first kappa shape index (κ1) is 16.9. The Morgan fingerprint density at radius 3 is 2.50 bits per heavy atom. The molecule has 3 rings (SSSR count). The van der Waals surface area contributed by atoms with Crippen molar-refractivity contribution in [3.8, 4) is 0 Å². The minimum absolute atomic E-state index is 0.0542. The van der Waals surface area contributed by atoms with Crippen LogP contribution in [0.5, 0.6) is 0 Å². The van der Waals surface area contributed by atoms with Crippen molar-refractivity contribution in [1.82, 2.24) is 4.90 Å². The Morgan fingerprint density at radius 2 is 1.88 bits per heavy atom. The van der Waals surface area contributed by atoms with Crippen LogP contribution in [0.3, 0.4) is 0 Å². The highest BCUT2D eigenvalue weighted by Gasteiger charge is 2.40. The minimum Gasteiger partial charge on any atom is -0.269 e. The van der Waals surface area contributed by atoms with Crippen molar-refractivity contribution in [3.63, 3.8) is 0 Å². The van der Waals surface area contributed by atoms with E-state index in [-0.39, 0.29) is 23.6 Å². The highest BCUT2D eigenvalue weighted by Crippen LogP contribution is 2.39. The maximum atomic E-state index is 13.9. The van der Waals surface area contributed by atoms with E-state index >= 15 is 0 Å². The lowest BCUT2D eigenvalue weighted by Crippen LogP contribution is -2.31. The molecule has 2 amide bonds. The molecule has 0 spiro atoms. The van der Waals surface area contributed by atoms with Crippen LogP contribution in [0.2, 0.25) is 0 Å². The summed E-state index contributed by atoms with van der Waals surface area (Å²) in [6, 6.07) is 9.88. The number of amides is 2. The monoisotopic (exact) mass is 361 g/mol. The van der Waals surface area contributed by atoms with Crippen LogP contribution in [0.15, 0.2) is 46.7 Å². The molecule has 0 atom stereocenters. The second kappa shape index (κ2) is 6.91. The number of carbonyl (C=O) groups excluding carboxylic acids is 2. The molecule has 0 radical (unpaired) electrons. The molecule has 0 aliphatic carbocycles. The molecule has 0 saturated carbocycles. The van der Waals surface area contributed by atoms with Gasteiger partial charge in [0.2, 0.25) is 0 Å². The zero-order valence-corrected chi connectivity index (χ0v) is 14.9. The van der Waals surface area contributed by atoms with Crippen molar-refractivity contribution in [2.75, 3.05) is 0 Å². The lowest BCUT2D eigenvalue weighted by atomic mass is 10.2. The van der Waals surface area contributed by atoms with E-state index < -0.39 is 5.82 Å². The summed E-state index contributed by atoms with van der Waals surface area (Å²) in [4.78, 5) is 28.0. The minimum atomic E-state index is -0.416. The average molecular weight is 361 g/mol. The summed E-state index contributed by atoms with van der Waals surface area (Å²) in [5.41, 5.74) is 0.769. The highest BCUT2D eigenvalue weighted by atomic mass is 32.2. The Balaban J connectivity index is 1.97. The first-order valence-electron chi connectivity index (χ1n) is 7.53. The van der Waals surface area contributed by atoms with E-state index in [1.54, 1.807) is 18.2 Å². The molecule has 2 aromatic rings. The zero-order chi connectivity index (χ0) is 17.3. The van der Waals surface area contributed by atoms with Gasteiger partial charge in [-0.25, -0.2) is 4.39 Å². The van der Waals surface area contributed by atoms with E-state index in [9.17, 15) is 14.0 Å². The quantitative estimate of drug-likeness (QED) is 0.745. The van der Waals surface area contributed by atoms with Gasteiger partial charge in [-0.3, -0.25) is 14.5 Å². The molecule has 1 aliphatic rings. The number of carbonyl (C=O) groups is 2. The Bertz CT molecular complexity index is 812. The van der Waals surface area contributed by atoms with Gasteiger partial charge in [0.25, 0.3) is 11.8 Å². The van der Waals surface area contributed by atoms with E-state index in [1.165, 1.54) is 29.2 Å². The fourth-order valence-electron chi connectivity index (χ4n) is 2.48. The van der Waals surface area contributed by atoms with Gasteiger partial charge in [0.1, 0.15) is 5.82 Å². The summed E-state index contributed by atoms with van der Waals surface area (Å²) in [5.74, 6) is -1.11. The molecule has 0 unspecified atom stereocenters. The SMILES string of the molecule is CC(C)SC1=C(c2cccs2)C(=O)N(Cc2ccccc2F)C1=O. The Hall–Kier alpha value is -1.92. The Morgan fingerprint density at radius 1 is 1.12 bits per heavy atom. The number of imide groups is 1. The van der Waals surface area contributed by atoms with Crippen molar-refractivity contribution in [3.05, 3.63) is 62.9 Å². The van der Waals surface area contributed by atoms with Gasteiger partial charge < -0.3 is 0 Å². The lowest BCUT2D eigenvalue weighted by molar-refractivity contribution is -0.137. The maximum absolute atomic E-state index is 13.9. The smallest absolute Gasteiger partial charge is 0.268 e. The molecular formula is C18H16FNO2S2. The van der Waals surface area contributed by atoms with Crippen LogP contribution < -0.4 is 0 Å². The summed E-state index contributed by atoms with van der Waals surface area (Å²) in [5, 5.41) is 2.04. The summed E-state index contributed by atoms with van der Waals surface area (Å²) in [7, 11) is 0. The summed E-state index contributed by atoms with van der Waals surface area (Å²) in [6.07, 6.45) is 0. The fraction of sp³-hybridized carbons (Fsp3) is 0.222. The molecule has 24 heavy (non-hydrogen) atoms. The standard InChI is InChI=1S/C18H16FNO2S2/c1-11(2)24-16-15(14-8-5-9-23-14)17(21)20(18(16)22)10-12-6-3-4-7-13(12)19/h3-9,11H,10H2,1-2H3. The van der Waals surface area contributed by atoms with Crippen molar-refractivity contribution < 1.29 is 14.0 Å². The van der Waals surface area contributed by atoms with Crippen LogP contribution in [0, 0.1) is 5.82 Å². The average Bonchev–Trinajstić information content (AvgIpc) is 3.12. The van der Waals surface area contributed by atoms with E-state index in [0.717, 1.165) is 9.78 Å². The molecule has 0 fully saturated rings. The van der Waals surface area contributed by atoms with Crippen LogP contribution >= 0.6 is 23.1 Å². The molecule has 2 heterocycles. The number of thioether (sulfide) groups is 1. The van der Waals surface area contributed by atoms with Crippen LogP contribution in [0.25, 0.3) is 5.57 Å². The van der Waals surface area contributed by atoms with Gasteiger partial charge in [-0.15, -0.1) is 23.1 Å². The molecule has 1 aliphatic heterocycles. The van der Waals surface area contributed by atoms with Crippen LogP contribution in [0.1, 0.15) is 24.3 Å². The number of hydrogen-bond donors (Lipinski definition) is 0. The third kappa shape index (κ3) is 3.16. The van der Waals surface area contributed by atoms with E-state index in [4.69, 9.17) is 0 Å². The molecular weight excluding hydrogens is 345 g/mol. The van der Waals surface area contributed by atoms with Gasteiger partial charge >= 0.3 is 0 Å². The molecule has 0 N–H and O–H groups in total. The number of benzene rings is 1. The predicted molar refractivity (Wildman–Crippen MR) is 95.9 cm³/mol. The van der Waals surface area contributed by atoms with Gasteiger partial charge in [-0.05, 0) is 17.5 Å². The predicted octanol–water partition coefficient (Wildman–Crippen LogP) is 4.31. The van der Waals surface area contributed by atoms with Gasteiger partial charge in [-0.1, -0.05) is 38.1 Å². The highest BCUT2D eigenvalue weighted by molar-refractivity contribution is 8.04. The fourth-order valence-corrected chi connectivity index (χ4v) is 4.31. The van der Waals surface area contributed by atoms with E-state index in [2.05, 4.69) is 0 Å². The summed E-state index contributed by atoms with van der Waals surface area (Å²) in [6.45, 7) is 3.89. The molecule has 3 nitrogen and oxygen atoms in total. The molecule has 124 valence electrons. The Kier molecular flexibility index (Phi) is 4.87. The zero-order valence-electron chi connectivity index (χ0n) is 13.3. The normalized spacial score (nSPS) is 15.1. The lowest BCUT2D eigenvalue weighted by Gasteiger charge is -2.15. The second-order valence-corrected chi connectivity index (χ2v) is 8.17. The van der Waals surface area contributed by atoms with Crippen LogP contribution in [-0.2, 0) is 16.1 Å². The number of halogens is 1. The molecule has 0 bridgehead atoms. The Labute approximate surface area is 148 Å². The summed E-state index contributed by atoms with van der Waals surface area (Å²) < 4.78 is 13.9. The number of thiophene rings is 1. The van der Waals surface area contributed by atoms with Gasteiger partial charge in [-0.2, -0.15) is 0 Å². The number of nitrogens with zero attached hydrogens (tertiary/aromatic N) is 1. The molecule has 0 saturated heterocycles. The van der Waals surface area contributed by atoms with E-state index in [0.29, 0.717) is 16.0 Å². The summed E-state index contributed by atoms with van der Waals surface area (Å²) >= 11 is 2.80. The first-order valence-corrected chi connectivity index (χ1v) is 9.29.